The number of amides is 1. The first-order valence-corrected chi connectivity index (χ1v) is 8.11. The van der Waals surface area contributed by atoms with Gasteiger partial charge in [-0.3, -0.25) is 4.79 Å². The van der Waals surface area contributed by atoms with Gasteiger partial charge in [0, 0.05) is 11.6 Å². The van der Waals surface area contributed by atoms with Crippen molar-refractivity contribution >= 4 is 34.4 Å². The van der Waals surface area contributed by atoms with E-state index in [0.29, 0.717) is 17.0 Å². The number of anilines is 1. The molecule has 2 aromatic carbocycles. The SMILES string of the molecule is COc1ccc(-c2cc(C(=O)Nc3cccc4nsnc34)no2)cc1. The molecular formula is C17H12N4O3S. The van der Waals surface area contributed by atoms with Crippen molar-refractivity contribution in [2.24, 2.45) is 0 Å². The summed E-state index contributed by atoms with van der Waals surface area (Å²) in [6, 6.07) is 14.3. The van der Waals surface area contributed by atoms with Gasteiger partial charge in [-0.05, 0) is 36.4 Å². The summed E-state index contributed by atoms with van der Waals surface area (Å²) in [6.07, 6.45) is 0. The zero-order valence-corrected chi connectivity index (χ0v) is 13.9. The van der Waals surface area contributed by atoms with Crippen molar-refractivity contribution in [2.75, 3.05) is 12.4 Å². The normalized spacial score (nSPS) is 10.8. The largest absolute Gasteiger partial charge is 0.497 e. The summed E-state index contributed by atoms with van der Waals surface area (Å²) in [5, 5.41) is 6.64. The van der Waals surface area contributed by atoms with Gasteiger partial charge in [-0.1, -0.05) is 11.2 Å². The van der Waals surface area contributed by atoms with Crippen LogP contribution in [0.25, 0.3) is 22.4 Å². The summed E-state index contributed by atoms with van der Waals surface area (Å²) in [4.78, 5) is 12.4. The molecule has 8 heteroatoms. The van der Waals surface area contributed by atoms with Crippen molar-refractivity contribution < 1.29 is 14.1 Å². The Labute approximate surface area is 146 Å². The van der Waals surface area contributed by atoms with Gasteiger partial charge in [0.1, 0.15) is 16.8 Å². The smallest absolute Gasteiger partial charge is 0.277 e. The number of nitrogens with one attached hydrogen (secondary N) is 1. The number of carbonyl (C=O) groups is 1. The third kappa shape index (κ3) is 2.94. The zero-order chi connectivity index (χ0) is 17.2. The molecule has 2 aromatic heterocycles. The van der Waals surface area contributed by atoms with E-state index in [0.717, 1.165) is 28.6 Å². The fourth-order valence-corrected chi connectivity index (χ4v) is 2.92. The third-order valence-electron chi connectivity index (χ3n) is 3.65. The van der Waals surface area contributed by atoms with Crippen LogP contribution in [0.5, 0.6) is 5.75 Å². The summed E-state index contributed by atoms with van der Waals surface area (Å²) in [5.74, 6) is 0.872. The van der Waals surface area contributed by atoms with E-state index in [1.807, 2.05) is 36.4 Å². The number of aromatic nitrogens is 3. The van der Waals surface area contributed by atoms with Crippen LogP contribution in [0, 0.1) is 0 Å². The Morgan fingerprint density at radius 1 is 1.16 bits per heavy atom. The Kier molecular flexibility index (Phi) is 3.87. The first-order chi connectivity index (χ1) is 12.2. The average Bonchev–Trinajstić information content (AvgIpc) is 3.32. The molecule has 0 unspecified atom stereocenters. The van der Waals surface area contributed by atoms with Crippen molar-refractivity contribution in [3.63, 3.8) is 0 Å². The molecule has 0 atom stereocenters. The van der Waals surface area contributed by atoms with E-state index in [4.69, 9.17) is 9.26 Å². The van der Waals surface area contributed by atoms with Gasteiger partial charge in [-0.15, -0.1) is 0 Å². The maximum Gasteiger partial charge on any atom is 0.277 e. The molecule has 0 aliphatic rings. The summed E-state index contributed by atoms with van der Waals surface area (Å²) in [6.45, 7) is 0. The minimum Gasteiger partial charge on any atom is -0.497 e. The molecule has 0 saturated carbocycles. The van der Waals surface area contributed by atoms with Gasteiger partial charge in [-0.25, -0.2) is 0 Å². The lowest BCUT2D eigenvalue weighted by Gasteiger charge is -2.02. The van der Waals surface area contributed by atoms with Crippen LogP contribution >= 0.6 is 11.7 Å². The Morgan fingerprint density at radius 3 is 2.80 bits per heavy atom. The van der Waals surface area contributed by atoms with Crippen LogP contribution in [-0.2, 0) is 0 Å². The summed E-state index contributed by atoms with van der Waals surface area (Å²) >= 11 is 1.10. The second-order valence-corrected chi connectivity index (χ2v) is 5.73. The minimum atomic E-state index is -0.371. The number of nitrogens with zero attached hydrogens (tertiary/aromatic N) is 3. The zero-order valence-electron chi connectivity index (χ0n) is 13.1. The topological polar surface area (TPSA) is 90.1 Å². The van der Waals surface area contributed by atoms with Gasteiger partial charge in [0.25, 0.3) is 5.91 Å². The number of hydrogen-bond acceptors (Lipinski definition) is 7. The predicted molar refractivity (Wildman–Crippen MR) is 93.9 cm³/mol. The van der Waals surface area contributed by atoms with Gasteiger partial charge >= 0.3 is 0 Å². The van der Waals surface area contributed by atoms with Crippen LogP contribution in [0.15, 0.2) is 53.1 Å². The number of carbonyl (C=O) groups excluding carboxylic acids is 1. The van der Waals surface area contributed by atoms with Gasteiger partial charge < -0.3 is 14.6 Å². The van der Waals surface area contributed by atoms with E-state index < -0.39 is 0 Å². The van der Waals surface area contributed by atoms with Crippen LogP contribution in [-0.4, -0.2) is 26.9 Å². The Balaban J connectivity index is 1.57. The number of fused-ring (bicyclic) bond motifs is 1. The van der Waals surface area contributed by atoms with Crippen LogP contribution in [0.2, 0.25) is 0 Å². The lowest BCUT2D eigenvalue weighted by atomic mass is 10.1. The maximum atomic E-state index is 12.4. The highest BCUT2D eigenvalue weighted by Crippen LogP contribution is 2.25. The second-order valence-electron chi connectivity index (χ2n) is 5.20. The van der Waals surface area contributed by atoms with Crippen LogP contribution < -0.4 is 10.1 Å². The summed E-state index contributed by atoms with van der Waals surface area (Å²) in [7, 11) is 1.60. The predicted octanol–water partition coefficient (Wildman–Crippen LogP) is 3.61. The maximum absolute atomic E-state index is 12.4. The Bertz CT molecular complexity index is 1040. The van der Waals surface area contributed by atoms with Crippen molar-refractivity contribution in [3.8, 4) is 17.1 Å². The first-order valence-electron chi connectivity index (χ1n) is 7.38. The second kappa shape index (κ2) is 6.33. The summed E-state index contributed by atoms with van der Waals surface area (Å²) < 4.78 is 18.7. The Morgan fingerprint density at radius 2 is 2.00 bits per heavy atom. The highest BCUT2D eigenvalue weighted by atomic mass is 32.1. The number of ether oxygens (including phenoxy) is 1. The molecule has 0 bridgehead atoms. The van der Waals surface area contributed by atoms with Crippen molar-refractivity contribution in [3.05, 3.63) is 54.2 Å². The molecule has 0 spiro atoms. The summed E-state index contributed by atoms with van der Waals surface area (Å²) in [5.41, 5.74) is 2.97. The molecule has 2 heterocycles. The van der Waals surface area contributed by atoms with E-state index in [9.17, 15) is 4.79 Å². The molecule has 7 nitrogen and oxygen atoms in total. The first kappa shape index (κ1) is 15.3. The molecule has 0 aliphatic heterocycles. The molecule has 0 saturated heterocycles. The average molecular weight is 352 g/mol. The van der Waals surface area contributed by atoms with Crippen molar-refractivity contribution in [1.29, 1.82) is 0 Å². The minimum absolute atomic E-state index is 0.186. The van der Waals surface area contributed by atoms with E-state index in [-0.39, 0.29) is 11.6 Å². The van der Waals surface area contributed by atoms with Gasteiger partial charge in [-0.2, -0.15) is 8.75 Å². The van der Waals surface area contributed by atoms with E-state index in [2.05, 4.69) is 19.2 Å². The van der Waals surface area contributed by atoms with Crippen LogP contribution in [0.1, 0.15) is 10.5 Å². The van der Waals surface area contributed by atoms with E-state index in [1.54, 1.807) is 19.2 Å². The van der Waals surface area contributed by atoms with Crippen molar-refractivity contribution in [2.45, 2.75) is 0 Å². The van der Waals surface area contributed by atoms with Crippen LogP contribution in [0.3, 0.4) is 0 Å². The van der Waals surface area contributed by atoms with E-state index in [1.165, 1.54) is 0 Å². The standard InChI is InChI=1S/C17H12N4O3S/c1-23-11-7-5-10(6-8-11)15-9-14(19-24-15)17(22)18-12-3-2-4-13-16(12)21-25-20-13/h2-9H,1H3,(H,18,22). The molecule has 124 valence electrons. The third-order valence-corrected chi connectivity index (χ3v) is 4.19. The molecule has 4 aromatic rings. The lowest BCUT2D eigenvalue weighted by molar-refractivity contribution is 0.101. The molecule has 1 amide bonds. The van der Waals surface area contributed by atoms with Crippen LogP contribution in [0.4, 0.5) is 5.69 Å². The number of rotatable bonds is 4. The molecular weight excluding hydrogens is 340 g/mol. The Hall–Kier alpha value is -3.26. The fourth-order valence-electron chi connectivity index (χ4n) is 2.37. The molecule has 0 radical (unpaired) electrons. The monoisotopic (exact) mass is 352 g/mol. The highest BCUT2D eigenvalue weighted by Gasteiger charge is 2.16. The number of hydrogen-bond donors (Lipinski definition) is 1. The quantitative estimate of drug-likeness (QED) is 0.603. The fraction of sp³-hybridized carbons (Fsp3) is 0.0588. The number of benzene rings is 2. The highest BCUT2D eigenvalue weighted by molar-refractivity contribution is 7.00. The molecule has 25 heavy (non-hydrogen) atoms. The molecule has 1 N–H and O–H groups in total. The van der Waals surface area contributed by atoms with E-state index >= 15 is 0 Å². The molecule has 0 aliphatic carbocycles. The number of methoxy groups -OCH3 is 1. The molecule has 0 fully saturated rings. The van der Waals surface area contributed by atoms with Crippen molar-refractivity contribution in [1.82, 2.24) is 13.9 Å². The van der Waals surface area contributed by atoms with Gasteiger partial charge in [0.2, 0.25) is 0 Å². The lowest BCUT2D eigenvalue weighted by Crippen LogP contribution is -2.12. The van der Waals surface area contributed by atoms with Gasteiger partial charge in [0.05, 0.1) is 24.5 Å². The van der Waals surface area contributed by atoms with Gasteiger partial charge in [0.15, 0.2) is 11.5 Å². The molecule has 4 rings (SSSR count).